The lowest BCUT2D eigenvalue weighted by atomic mass is 9.91. The van der Waals surface area contributed by atoms with Gasteiger partial charge in [0.1, 0.15) is 17.1 Å². The highest BCUT2D eigenvalue weighted by molar-refractivity contribution is 5.89. The largest absolute Gasteiger partial charge is 0.482 e. The maximum atomic E-state index is 12.6. The van der Waals surface area contributed by atoms with E-state index >= 15 is 0 Å². The van der Waals surface area contributed by atoms with E-state index in [9.17, 15) is 9.59 Å². The van der Waals surface area contributed by atoms with Crippen molar-refractivity contribution in [2.45, 2.75) is 39.2 Å². The van der Waals surface area contributed by atoms with E-state index in [0.29, 0.717) is 24.2 Å². The minimum Gasteiger partial charge on any atom is -0.482 e. The summed E-state index contributed by atoms with van der Waals surface area (Å²) in [5.74, 6) is 0.880. The molecule has 0 spiro atoms. The molecule has 2 heterocycles. The van der Waals surface area contributed by atoms with Gasteiger partial charge in [-0.1, -0.05) is 26.0 Å². The van der Waals surface area contributed by atoms with E-state index < -0.39 is 5.60 Å². The average Bonchev–Trinajstić information content (AvgIpc) is 2.57. The number of fused-ring (bicyclic) bond motifs is 3. The van der Waals surface area contributed by atoms with Crippen molar-refractivity contribution in [2.75, 3.05) is 0 Å². The first-order valence-electron chi connectivity index (χ1n) is 8.35. The maximum absolute atomic E-state index is 12.6. The number of carbonyl (C=O) groups excluding carboxylic acids is 1. The molecule has 3 rings (SSSR count). The molecule has 0 radical (unpaired) electrons. The number of hydrogen-bond donors (Lipinski definition) is 0. The Morgan fingerprint density at radius 1 is 1.29 bits per heavy atom. The van der Waals surface area contributed by atoms with Gasteiger partial charge in [-0.2, -0.15) is 0 Å². The van der Waals surface area contributed by atoms with Crippen LogP contribution in [0, 0.1) is 5.92 Å². The molecule has 0 bridgehead atoms. The van der Waals surface area contributed by atoms with Gasteiger partial charge in [-0.3, -0.25) is 9.59 Å². The molecule has 0 aliphatic carbocycles. The topological polar surface area (TPSA) is 48.3 Å². The quantitative estimate of drug-likeness (QED) is 0.861. The predicted molar refractivity (Wildman–Crippen MR) is 96.3 cm³/mol. The highest BCUT2D eigenvalue weighted by atomic mass is 16.5. The van der Waals surface area contributed by atoms with Gasteiger partial charge in [-0.15, -0.1) is 0 Å². The van der Waals surface area contributed by atoms with E-state index in [0.717, 1.165) is 10.9 Å². The van der Waals surface area contributed by atoms with Crippen LogP contribution in [0.4, 0.5) is 0 Å². The Bertz CT molecular complexity index is 892. The molecule has 1 aliphatic heterocycles. The van der Waals surface area contributed by atoms with E-state index in [-0.39, 0.29) is 17.3 Å². The second-order valence-corrected chi connectivity index (χ2v) is 6.99. The number of para-hydroxylation sites is 1. The summed E-state index contributed by atoms with van der Waals surface area (Å²) in [5.41, 5.74) is 0.772. The second-order valence-electron chi connectivity index (χ2n) is 6.99. The zero-order chi connectivity index (χ0) is 17.5. The van der Waals surface area contributed by atoms with E-state index in [4.69, 9.17) is 4.74 Å². The van der Waals surface area contributed by atoms with E-state index in [2.05, 4.69) is 0 Å². The van der Waals surface area contributed by atoms with Gasteiger partial charge in [0.25, 0.3) is 5.56 Å². The molecule has 0 saturated carbocycles. The molecule has 4 nitrogen and oxygen atoms in total. The third kappa shape index (κ3) is 2.77. The molecule has 4 heteroatoms. The van der Waals surface area contributed by atoms with Gasteiger partial charge in [0.15, 0.2) is 0 Å². The van der Waals surface area contributed by atoms with Crippen molar-refractivity contribution in [3.63, 3.8) is 0 Å². The first-order valence-corrected chi connectivity index (χ1v) is 8.35. The summed E-state index contributed by atoms with van der Waals surface area (Å²) in [5, 5.41) is 0.917. The Balaban J connectivity index is 2.02. The highest BCUT2D eigenvalue weighted by Crippen LogP contribution is 2.37. The number of benzene rings is 1. The van der Waals surface area contributed by atoms with Crippen molar-refractivity contribution in [2.24, 2.45) is 13.0 Å². The number of ketones is 1. The SMILES string of the molecule is CC(C)C(=O)CC[C@]1(C)C=Cc2c(c3ccccc3n(C)c2=O)O1. The van der Waals surface area contributed by atoms with Crippen LogP contribution in [0.1, 0.15) is 39.2 Å². The number of hydrogen-bond acceptors (Lipinski definition) is 3. The van der Waals surface area contributed by atoms with E-state index in [1.165, 1.54) is 0 Å². The zero-order valence-corrected chi connectivity index (χ0v) is 14.6. The van der Waals surface area contributed by atoms with Crippen LogP contribution in [-0.4, -0.2) is 16.0 Å². The van der Waals surface area contributed by atoms with Crippen LogP contribution in [0.5, 0.6) is 5.75 Å². The Morgan fingerprint density at radius 2 is 2.00 bits per heavy atom. The molecule has 1 aromatic carbocycles. The molecule has 126 valence electrons. The van der Waals surface area contributed by atoms with E-state index in [1.54, 1.807) is 11.6 Å². The van der Waals surface area contributed by atoms with E-state index in [1.807, 2.05) is 57.2 Å². The molecule has 0 fully saturated rings. The fourth-order valence-corrected chi connectivity index (χ4v) is 3.07. The summed E-state index contributed by atoms with van der Waals surface area (Å²) >= 11 is 0. The normalized spacial score (nSPS) is 19.4. The fraction of sp³-hybridized carbons (Fsp3) is 0.400. The molecule has 0 amide bonds. The van der Waals surface area contributed by atoms with Crippen LogP contribution in [0.15, 0.2) is 35.1 Å². The molecule has 24 heavy (non-hydrogen) atoms. The first-order chi connectivity index (χ1) is 11.3. The number of ether oxygens (including phenoxy) is 1. The summed E-state index contributed by atoms with van der Waals surface area (Å²) < 4.78 is 7.89. The van der Waals surface area contributed by atoms with Gasteiger partial charge in [0.05, 0.1) is 11.1 Å². The van der Waals surface area contributed by atoms with Crippen molar-refractivity contribution in [1.82, 2.24) is 4.57 Å². The van der Waals surface area contributed by atoms with Crippen LogP contribution in [-0.2, 0) is 11.8 Å². The minimum absolute atomic E-state index is 0.0292. The van der Waals surface area contributed by atoms with Crippen LogP contribution >= 0.6 is 0 Å². The lowest BCUT2D eigenvalue weighted by Gasteiger charge is -2.32. The van der Waals surface area contributed by atoms with Crippen LogP contribution in [0.2, 0.25) is 0 Å². The molecular formula is C20H23NO3. The Kier molecular flexibility index (Phi) is 4.08. The number of aromatic nitrogens is 1. The molecule has 1 aromatic heterocycles. The monoisotopic (exact) mass is 325 g/mol. The van der Waals surface area contributed by atoms with Gasteiger partial charge in [-0.25, -0.2) is 0 Å². The highest BCUT2D eigenvalue weighted by Gasteiger charge is 2.31. The lowest BCUT2D eigenvalue weighted by molar-refractivity contribution is -0.122. The summed E-state index contributed by atoms with van der Waals surface area (Å²) in [4.78, 5) is 24.5. The lowest BCUT2D eigenvalue weighted by Crippen LogP contribution is -2.35. The molecular weight excluding hydrogens is 302 g/mol. The number of nitrogens with zero attached hydrogens (tertiary/aromatic N) is 1. The summed E-state index contributed by atoms with van der Waals surface area (Å²) in [6.45, 7) is 5.79. The standard InChI is InChI=1S/C20H23NO3/c1-13(2)17(22)10-12-20(3)11-9-15-18(24-20)14-7-5-6-8-16(14)21(4)19(15)23/h5-9,11,13H,10,12H2,1-4H3/t20-/m0/s1. The third-order valence-corrected chi connectivity index (χ3v) is 4.74. The van der Waals surface area contributed by atoms with Crippen molar-refractivity contribution >= 4 is 22.8 Å². The van der Waals surface area contributed by atoms with Gasteiger partial charge in [0.2, 0.25) is 0 Å². The van der Waals surface area contributed by atoms with Crippen LogP contribution in [0.3, 0.4) is 0 Å². The zero-order valence-electron chi connectivity index (χ0n) is 14.6. The molecule has 0 N–H and O–H groups in total. The van der Waals surface area contributed by atoms with Crippen molar-refractivity contribution in [3.8, 4) is 5.75 Å². The fourth-order valence-electron chi connectivity index (χ4n) is 3.07. The smallest absolute Gasteiger partial charge is 0.261 e. The Morgan fingerprint density at radius 3 is 2.71 bits per heavy atom. The van der Waals surface area contributed by atoms with Crippen molar-refractivity contribution in [1.29, 1.82) is 0 Å². The second kappa shape index (κ2) is 5.93. The number of rotatable bonds is 4. The number of carbonyl (C=O) groups is 1. The predicted octanol–water partition coefficient (Wildman–Crippen LogP) is 3.71. The van der Waals surface area contributed by atoms with Crippen LogP contribution in [0.25, 0.3) is 17.0 Å². The third-order valence-electron chi connectivity index (χ3n) is 4.74. The molecule has 0 saturated heterocycles. The van der Waals surface area contributed by atoms with Crippen LogP contribution < -0.4 is 10.3 Å². The number of aryl methyl sites for hydroxylation is 1. The van der Waals surface area contributed by atoms with Crippen molar-refractivity contribution in [3.05, 3.63) is 46.3 Å². The Hall–Kier alpha value is -2.36. The summed E-state index contributed by atoms with van der Waals surface area (Å²) in [6, 6.07) is 7.73. The van der Waals surface area contributed by atoms with Crippen molar-refractivity contribution < 1.29 is 9.53 Å². The number of Topliss-reactive ketones (excluding diaryl/α,β-unsaturated/α-hetero) is 1. The Labute approximate surface area is 141 Å². The molecule has 0 unspecified atom stereocenters. The molecule has 1 atom stereocenters. The number of pyridine rings is 1. The summed E-state index contributed by atoms with van der Waals surface area (Å²) in [6.07, 6.45) is 4.81. The molecule has 1 aliphatic rings. The maximum Gasteiger partial charge on any atom is 0.261 e. The van der Waals surface area contributed by atoms with Gasteiger partial charge in [0, 0.05) is 24.8 Å². The molecule has 2 aromatic rings. The first kappa shape index (κ1) is 16.5. The summed E-state index contributed by atoms with van der Waals surface area (Å²) in [7, 11) is 1.77. The van der Waals surface area contributed by atoms with Gasteiger partial charge < -0.3 is 9.30 Å². The minimum atomic E-state index is -0.577. The van der Waals surface area contributed by atoms with Gasteiger partial charge in [-0.05, 0) is 37.6 Å². The van der Waals surface area contributed by atoms with Gasteiger partial charge >= 0.3 is 0 Å². The average molecular weight is 325 g/mol.